The van der Waals surface area contributed by atoms with E-state index < -0.39 is 10.0 Å². The standard InChI is InChI=1S/C24H33N3O4S/c1-23(2)15-18(16-24(3,4)26-23)25-22(28)17-11-13-19(14-12-17)32(29,30)27(5)20-9-7-8-10-21(20)31-6/h7-14,18,26H,15-16H2,1-6H3,(H,25,28). The van der Waals surface area contributed by atoms with Gasteiger partial charge in [-0.1, -0.05) is 12.1 Å². The van der Waals surface area contributed by atoms with Crippen LogP contribution in [0.1, 0.15) is 50.9 Å². The Morgan fingerprint density at radius 3 is 2.16 bits per heavy atom. The Morgan fingerprint density at radius 1 is 1.03 bits per heavy atom. The van der Waals surface area contributed by atoms with Crippen molar-refractivity contribution in [3.8, 4) is 5.75 Å². The summed E-state index contributed by atoms with van der Waals surface area (Å²) >= 11 is 0. The third kappa shape index (κ3) is 5.24. The zero-order valence-corrected chi connectivity index (χ0v) is 20.4. The van der Waals surface area contributed by atoms with E-state index in [-0.39, 0.29) is 27.9 Å². The molecule has 0 bridgehead atoms. The van der Waals surface area contributed by atoms with Crippen molar-refractivity contribution in [2.24, 2.45) is 0 Å². The van der Waals surface area contributed by atoms with E-state index in [1.54, 1.807) is 36.4 Å². The first-order chi connectivity index (χ1) is 14.8. The number of para-hydroxylation sites is 2. The van der Waals surface area contributed by atoms with Gasteiger partial charge in [-0.15, -0.1) is 0 Å². The molecule has 0 unspecified atom stereocenters. The van der Waals surface area contributed by atoms with E-state index in [0.29, 0.717) is 17.0 Å². The lowest BCUT2D eigenvalue weighted by atomic mass is 9.79. The van der Waals surface area contributed by atoms with Gasteiger partial charge >= 0.3 is 0 Å². The fourth-order valence-corrected chi connectivity index (χ4v) is 5.85. The topological polar surface area (TPSA) is 87.7 Å². The molecular formula is C24H33N3O4S. The number of sulfonamides is 1. The highest BCUT2D eigenvalue weighted by Gasteiger charge is 2.38. The lowest BCUT2D eigenvalue weighted by Gasteiger charge is -2.46. The smallest absolute Gasteiger partial charge is 0.264 e. The second kappa shape index (κ2) is 8.75. The predicted molar refractivity (Wildman–Crippen MR) is 127 cm³/mol. The van der Waals surface area contributed by atoms with Gasteiger partial charge in [0.25, 0.3) is 15.9 Å². The van der Waals surface area contributed by atoms with E-state index >= 15 is 0 Å². The Balaban J connectivity index is 1.76. The van der Waals surface area contributed by atoms with Gasteiger partial charge in [0.1, 0.15) is 5.75 Å². The van der Waals surface area contributed by atoms with Gasteiger partial charge in [-0.05, 0) is 76.9 Å². The van der Waals surface area contributed by atoms with Gasteiger partial charge in [0.05, 0.1) is 17.7 Å². The lowest BCUT2D eigenvalue weighted by molar-refractivity contribution is 0.0873. The highest BCUT2D eigenvalue weighted by molar-refractivity contribution is 7.92. The van der Waals surface area contributed by atoms with Crippen molar-refractivity contribution in [2.75, 3.05) is 18.5 Å². The molecule has 0 radical (unpaired) electrons. The molecule has 0 spiro atoms. The molecule has 1 amide bonds. The number of carbonyl (C=O) groups excluding carboxylic acids is 1. The number of carbonyl (C=O) groups is 1. The minimum atomic E-state index is -3.81. The first-order valence-electron chi connectivity index (χ1n) is 10.7. The summed E-state index contributed by atoms with van der Waals surface area (Å²) in [5.74, 6) is 0.257. The Morgan fingerprint density at radius 2 is 1.59 bits per heavy atom. The number of rotatable bonds is 6. The summed E-state index contributed by atoms with van der Waals surface area (Å²) in [4.78, 5) is 12.9. The van der Waals surface area contributed by atoms with Gasteiger partial charge in [0, 0.05) is 29.7 Å². The Bertz CT molecular complexity index is 1060. The van der Waals surface area contributed by atoms with Crippen molar-refractivity contribution < 1.29 is 17.9 Å². The van der Waals surface area contributed by atoms with Crippen LogP contribution in [0.15, 0.2) is 53.4 Å². The van der Waals surface area contributed by atoms with E-state index in [2.05, 4.69) is 38.3 Å². The average molecular weight is 460 g/mol. The molecule has 2 aromatic rings. The van der Waals surface area contributed by atoms with Gasteiger partial charge in [-0.3, -0.25) is 9.10 Å². The van der Waals surface area contributed by atoms with Crippen LogP contribution in [0.5, 0.6) is 5.75 Å². The predicted octanol–water partition coefficient (Wildman–Crippen LogP) is 3.56. The molecule has 0 aliphatic carbocycles. The van der Waals surface area contributed by atoms with Crippen LogP contribution in [-0.2, 0) is 10.0 Å². The van der Waals surface area contributed by atoms with Crippen molar-refractivity contribution in [1.82, 2.24) is 10.6 Å². The maximum atomic E-state index is 13.1. The van der Waals surface area contributed by atoms with Crippen molar-refractivity contribution in [3.63, 3.8) is 0 Å². The average Bonchev–Trinajstić information content (AvgIpc) is 2.70. The SMILES string of the molecule is COc1ccccc1N(C)S(=O)(=O)c1ccc(C(=O)NC2CC(C)(C)NC(C)(C)C2)cc1. The van der Waals surface area contributed by atoms with Crippen LogP contribution in [0.4, 0.5) is 5.69 Å². The molecule has 1 saturated heterocycles. The number of hydrogen-bond acceptors (Lipinski definition) is 5. The molecule has 2 aromatic carbocycles. The van der Waals surface area contributed by atoms with Gasteiger partial charge in [0.2, 0.25) is 0 Å². The summed E-state index contributed by atoms with van der Waals surface area (Å²) in [6.45, 7) is 8.52. The molecule has 3 rings (SSSR count). The quantitative estimate of drug-likeness (QED) is 0.690. The van der Waals surface area contributed by atoms with Crippen molar-refractivity contribution >= 4 is 21.6 Å². The molecule has 1 aliphatic rings. The van der Waals surface area contributed by atoms with E-state index in [4.69, 9.17) is 4.74 Å². The van der Waals surface area contributed by atoms with Gasteiger partial charge in [-0.25, -0.2) is 8.42 Å². The summed E-state index contributed by atoms with van der Waals surface area (Å²) < 4.78 is 32.7. The normalized spacial score (nSPS) is 18.1. The Hall–Kier alpha value is -2.58. The first-order valence-corrected chi connectivity index (χ1v) is 12.1. The molecule has 0 aromatic heterocycles. The van der Waals surface area contributed by atoms with Crippen LogP contribution in [0.2, 0.25) is 0 Å². The van der Waals surface area contributed by atoms with Crippen LogP contribution in [0.25, 0.3) is 0 Å². The molecule has 0 saturated carbocycles. The summed E-state index contributed by atoms with van der Waals surface area (Å²) in [5, 5.41) is 6.71. The summed E-state index contributed by atoms with van der Waals surface area (Å²) in [6, 6.07) is 13.0. The summed E-state index contributed by atoms with van der Waals surface area (Å²) in [6.07, 6.45) is 1.64. The Kier molecular flexibility index (Phi) is 6.58. The fraction of sp³-hybridized carbons (Fsp3) is 0.458. The van der Waals surface area contributed by atoms with Crippen LogP contribution < -0.4 is 19.7 Å². The molecule has 1 aliphatic heterocycles. The van der Waals surface area contributed by atoms with Crippen LogP contribution in [0, 0.1) is 0 Å². The van der Waals surface area contributed by atoms with E-state index in [9.17, 15) is 13.2 Å². The van der Waals surface area contributed by atoms with Gasteiger partial charge in [-0.2, -0.15) is 0 Å². The number of nitrogens with one attached hydrogen (secondary N) is 2. The summed E-state index contributed by atoms with van der Waals surface area (Å²) in [7, 11) is -0.834. The number of amides is 1. The van der Waals surface area contributed by atoms with Crippen LogP contribution in [0.3, 0.4) is 0 Å². The molecule has 174 valence electrons. The summed E-state index contributed by atoms with van der Waals surface area (Å²) in [5.41, 5.74) is 0.701. The fourth-order valence-electron chi connectivity index (χ4n) is 4.65. The minimum absolute atomic E-state index is 0.0360. The maximum Gasteiger partial charge on any atom is 0.264 e. The van der Waals surface area contributed by atoms with Crippen LogP contribution in [-0.4, -0.2) is 45.6 Å². The molecule has 32 heavy (non-hydrogen) atoms. The molecule has 1 heterocycles. The largest absolute Gasteiger partial charge is 0.495 e. The number of piperidine rings is 1. The molecule has 1 fully saturated rings. The zero-order valence-electron chi connectivity index (χ0n) is 19.6. The molecule has 0 atom stereocenters. The number of anilines is 1. The van der Waals surface area contributed by atoms with E-state index in [0.717, 1.165) is 12.8 Å². The Labute approximate surface area is 191 Å². The lowest BCUT2D eigenvalue weighted by Crippen LogP contribution is -2.62. The third-order valence-electron chi connectivity index (χ3n) is 5.72. The second-order valence-electron chi connectivity index (χ2n) is 9.64. The monoisotopic (exact) mass is 459 g/mol. The third-order valence-corrected chi connectivity index (χ3v) is 7.51. The molecule has 2 N–H and O–H groups in total. The molecule has 8 heteroatoms. The first kappa shape index (κ1) is 24.1. The number of methoxy groups -OCH3 is 1. The molecule has 7 nitrogen and oxygen atoms in total. The molecular weight excluding hydrogens is 426 g/mol. The number of benzene rings is 2. The highest BCUT2D eigenvalue weighted by atomic mass is 32.2. The van der Waals surface area contributed by atoms with Gasteiger partial charge < -0.3 is 15.4 Å². The number of hydrogen-bond donors (Lipinski definition) is 2. The van der Waals surface area contributed by atoms with Crippen LogP contribution >= 0.6 is 0 Å². The van der Waals surface area contributed by atoms with E-state index in [1.807, 2.05) is 0 Å². The minimum Gasteiger partial charge on any atom is -0.495 e. The van der Waals surface area contributed by atoms with Gasteiger partial charge in [0.15, 0.2) is 0 Å². The maximum absolute atomic E-state index is 13.1. The zero-order chi connectivity index (χ0) is 23.7. The van der Waals surface area contributed by atoms with Crippen molar-refractivity contribution in [2.45, 2.75) is 62.6 Å². The number of ether oxygens (including phenoxy) is 1. The van der Waals surface area contributed by atoms with Crippen molar-refractivity contribution in [1.29, 1.82) is 0 Å². The highest BCUT2D eigenvalue weighted by Crippen LogP contribution is 2.31. The van der Waals surface area contributed by atoms with Crippen molar-refractivity contribution in [3.05, 3.63) is 54.1 Å². The van der Waals surface area contributed by atoms with E-state index in [1.165, 1.54) is 30.6 Å². The number of nitrogens with zero attached hydrogens (tertiary/aromatic N) is 1. The second-order valence-corrected chi connectivity index (χ2v) is 11.6.